The van der Waals surface area contributed by atoms with E-state index in [0.717, 1.165) is 12.8 Å². The molecule has 1 unspecified atom stereocenters. The number of carboxylic acid groups (broad SMARTS) is 1. The lowest BCUT2D eigenvalue weighted by atomic mass is 10.2. The van der Waals surface area contributed by atoms with Crippen LogP contribution in [0.1, 0.15) is 32.6 Å². The van der Waals surface area contributed by atoms with Gasteiger partial charge in [0.05, 0.1) is 0 Å². The highest BCUT2D eigenvalue weighted by Crippen LogP contribution is 2.22. The van der Waals surface area contributed by atoms with E-state index >= 15 is 0 Å². The molecule has 5 nitrogen and oxygen atoms in total. The van der Waals surface area contributed by atoms with Gasteiger partial charge in [0.15, 0.2) is 0 Å². The zero-order chi connectivity index (χ0) is 12.1. The van der Waals surface area contributed by atoms with Gasteiger partial charge in [0, 0.05) is 19.5 Å². The van der Waals surface area contributed by atoms with Crippen molar-refractivity contribution in [1.29, 1.82) is 0 Å². The molecule has 92 valence electrons. The Labute approximate surface area is 95.8 Å². The minimum absolute atomic E-state index is 0.299. The zero-order valence-corrected chi connectivity index (χ0v) is 9.90. The molecule has 0 radical (unpaired) electrons. The molecule has 1 fully saturated rings. The molecule has 0 aromatic carbocycles. The monoisotopic (exact) mass is 228 g/mol. The molecule has 1 rings (SSSR count). The molecule has 0 aromatic rings. The quantitative estimate of drug-likeness (QED) is 0.717. The third-order valence-corrected chi connectivity index (χ3v) is 3.09. The van der Waals surface area contributed by atoms with Crippen molar-refractivity contribution in [2.24, 2.45) is 0 Å². The lowest BCUT2D eigenvalue weighted by Crippen LogP contribution is -2.48. The predicted molar refractivity (Wildman–Crippen MR) is 60.1 cm³/mol. The van der Waals surface area contributed by atoms with Gasteiger partial charge >= 0.3 is 5.97 Å². The van der Waals surface area contributed by atoms with E-state index in [2.05, 4.69) is 5.32 Å². The van der Waals surface area contributed by atoms with Crippen LogP contribution in [0.25, 0.3) is 0 Å². The van der Waals surface area contributed by atoms with E-state index in [1.54, 1.807) is 0 Å². The van der Waals surface area contributed by atoms with Gasteiger partial charge in [0.25, 0.3) is 0 Å². The van der Waals surface area contributed by atoms with E-state index in [4.69, 9.17) is 5.11 Å². The van der Waals surface area contributed by atoms with Crippen LogP contribution in [0.2, 0.25) is 0 Å². The van der Waals surface area contributed by atoms with E-state index < -0.39 is 12.0 Å². The van der Waals surface area contributed by atoms with Crippen molar-refractivity contribution >= 4 is 11.9 Å². The number of carbonyl (C=O) groups excluding carboxylic acids is 1. The second-order valence-electron chi connectivity index (χ2n) is 4.47. The maximum absolute atomic E-state index is 10.9. The number of carbonyl (C=O) groups is 2. The fourth-order valence-electron chi connectivity index (χ4n) is 2.21. The Morgan fingerprint density at radius 3 is 2.44 bits per heavy atom. The summed E-state index contributed by atoms with van der Waals surface area (Å²) in [5.74, 6) is -1.27. The summed E-state index contributed by atoms with van der Waals surface area (Å²) in [7, 11) is 1.92. The van der Waals surface area contributed by atoms with Crippen molar-refractivity contribution in [3.63, 3.8) is 0 Å². The Hall–Kier alpha value is -1.10. The van der Waals surface area contributed by atoms with Crippen LogP contribution in [-0.4, -0.2) is 47.6 Å². The van der Waals surface area contributed by atoms with Gasteiger partial charge in [-0.2, -0.15) is 0 Å². The first kappa shape index (κ1) is 13.0. The van der Waals surface area contributed by atoms with Gasteiger partial charge in [0.2, 0.25) is 5.91 Å². The fourth-order valence-corrected chi connectivity index (χ4v) is 2.21. The Balaban J connectivity index is 2.46. The van der Waals surface area contributed by atoms with Crippen LogP contribution in [0.4, 0.5) is 0 Å². The number of nitrogens with zero attached hydrogens (tertiary/aromatic N) is 1. The Kier molecular flexibility index (Phi) is 4.73. The van der Waals surface area contributed by atoms with Gasteiger partial charge in [-0.3, -0.25) is 4.79 Å². The highest BCUT2D eigenvalue weighted by molar-refractivity contribution is 5.82. The Bertz CT molecular complexity index is 262. The Morgan fingerprint density at radius 1 is 1.44 bits per heavy atom. The molecule has 0 aromatic heterocycles. The first-order valence-corrected chi connectivity index (χ1v) is 5.71. The third-order valence-electron chi connectivity index (χ3n) is 3.09. The van der Waals surface area contributed by atoms with Crippen molar-refractivity contribution in [3.8, 4) is 0 Å². The van der Waals surface area contributed by atoms with Crippen LogP contribution in [-0.2, 0) is 9.59 Å². The topological polar surface area (TPSA) is 69.6 Å². The standard InChI is InChI=1S/C11H20N2O3/c1-8(14)12-10(11(15)16)7-13(2)9-5-3-4-6-9/h9-10H,3-7H2,1-2H3,(H,12,14)(H,15,16). The molecular weight excluding hydrogens is 208 g/mol. The first-order valence-electron chi connectivity index (χ1n) is 5.71. The highest BCUT2D eigenvalue weighted by Gasteiger charge is 2.25. The minimum Gasteiger partial charge on any atom is -0.480 e. The van der Waals surface area contributed by atoms with E-state index in [0.29, 0.717) is 12.6 Å². The van der Waals surface area contributed by atoms with Crippen LogP contribution >= 0.6 is 0 Å². The van der Waals surface area contributed by atoms with Crippen LogP contribution in [0.3, 0.4) is 0 Å². The molecular formula is C11H20N2O3. The van der Waals surface area contributed by atoms with Gasteiger partial charge in [-0.25, -0.2) is 4.79 Å². The fraction of sp³-hybridized carbons (Fsp3) is 0.818. The van der Waals surface area contributed by atoms with Crippen molar-refractivity contribution in [2.75, 3.05) is 13.6 Å². The molecule has 1 aliphatic carbocycles. The lowest BCUT2D eigenvalue weighted by molar-refractivity contribution is -0.142. The van der Waals surface area contributed by atoms with Gasteiger partial charge < -0.3 is 15.3 Å². The van der Waals surface area contributed by atoms with E-state index in [1.165, 1.54) is 19.8 Å². The summed E-state index contributed by atoms with van der Waals surface area (Å²) < 4.78 is 0. The molecule has 0 saturated heterocycles. The molecule has 5 heteroatoms. The molecule has 1 aliphatic rings. The van der Waals surface area contributed by atoms with Gasteiger partial charge in [-0.05, 0) is 19.9 Å². The average Bonchev–Trinajstić information content (AvgIpc) is 2.68. The number of amides is 1. The largest absolute Gasteiger partial charge is 0.480 e. The van der Waals surface area contributed by atoms with Crippen molar-refractivity contribution in [1.82, 2.24) is 10.2 Å². The van der Waals surface area contributed by atoms with Gasteiger partial charge in [0.1, 0.15) is 6.04 Å². The number of nitrogens with one attached hydrogen (secondary N) is 1. The normalized spacial score (nSPS) is 18.7. The predicted octanol–water partition coefficient (Wildman–Crippen LogP) is 0.450. The third kappa shape index (κ3) is 3.81. The SMILES string of the molecule is CC(=O)NC(CN(C)C1CCCC1)C(=O)O. The van der Waals surface area contributed by atoms with Crippen LogP contribution in [0.5, 0.6) is 0 Å². The highest BCUT2D eigenvalue weighted by atomic mass is 16.4. The molecule has 0 spiro atoms. The molecule has 0 bridgehead atoms. The second-order valence-corrected chi connectivity index (χ2v) is 4.47. The number of likely N-dealkylation sites (N-methyl/N-ethyl adjacent to an activating group) is 1. The molecule has 1 atom stereocenters. The number of rotatable bonds is 5. The number of hydrogen-bond acceptors (Lipinski definition) is 3. The summed E-state index contributed by atoms with van der Waals surface area (Å²) in [6.45, 7) is 1.71. The van der Waals surface area contributed by atoms with Gasteiger partial charge in [-0.1, -0.05) is 12.8 Å². The first-order chi connectivity index (χ1) is 7.50. The summed E-state index contributed by atoms with van der Waals surface area (Å²) in [6, 6.07) is -0.335. The lowest BCUT2D eigenvalue weighted by Gasteiger charge is -2.27. The molecule has 1 saturated carbocycles. The zero-order valence-electron chi connectivity index (χ0n) is 9.90. The van der Waals surface area contributed by atoms with Crippen LogP contribution in [0, 0.1) is 0 Å². The number of aliphatic carboxylic acids is 1. The maximum Gasteiger partial charge on any atom is 0.327 e. The summed E-state index contributed by atoms with van der Waals surface area (Å²) >= 11 is 0. The Morgan fingerprint density at radius 2 is 2.00 bits per heavy atom. The number of carboxylic acids is 1. The summed E-state index contributed by atoms with van der Waals surface area (Å²) in [4.78, 5) is 23.9. The molecule has 2 N–H and O–H groups in total. The molecule has 16 heavy (non-hydrogen) atoms. The molecule has 1 amide bonds. The smallest absolute Gasteiger partial charge is 0.327 e. The van der Waals surface area contributed by atoms with E-state index in [1.807, 2.05) is 11.9 Å². The maximum atomic E-state index is 10.9. The average molecular weight is 228 g/mol. The molecule has 0 heterocycles. The summed E-state index contributed by atoms with van der Waals surface area (Å²) in [5.41, 5.74) is 0. The van der Waals surface area contributed by atoms with Crippen molar-refractivity contribution in [2.45, 2.75) is 44.7 Å². The van der Waals surface area contributed by atoms with Crippen LogP contribution < -0.4 is 5.32 Å². The van der Waals surface area contributed by atoms with Crippen LogP contribution in [0.15, 0.2) is 0 Å². The number of hydrogen-bond donors (Lipinski definition) is 2. The summed E-state index contributed by atoms with van der Waals surface area (Å²) in [5, 5.41) is 11.4. The van der Waals surface area contributed by atoms with E-state index in [-0.39, 0.29) is 5.91 Å². The minimum atomic E-state index is -0.972. The van der Waals surface area contributed by atoms with Crippen molar-refractivity contribution < 1.29 is 14.7 Å². The second kappa shape index (κ2) is 5.84. The summed E-state index contributed by atoms with van der Waals surface area (Å²) in [6.07, 6.45) is 4.69. The van der Waals surface area contributed by atoms with E-state index in [9.17, 15) is 9.59 Å². The molecule has 0 aliphatic heterocycles. The van der Waals surface area contributed by atoms with Gasteiger partial charge in [-0.15, -0.1) is 0 Å². The van der Waals surface area contributed by atoms with Crippen molar-refractivity contribution in [3.05, 3.63) is 0 Å².